The number of halogens is 3. The van der Waals surface area contributed by atoms with Crippen molar-refractivity contribution >= 4 is 17.7 Å². The molecule has 1 aliphatic rings. The molecule has 2 heterocycles. The van der Waals surface area contributed by atoms with Crippen LogP contribution in [0, 0.1) is 0 Å². The van der Waals surface area contributed by atoms with Gasteiger partial charge in [-0.15, -0.1) is 0 Å². The van der Waals surface area contributed by atoms with Crippen molar-refractivity contribution in [1.82, 2.24) is 14.5 Å². The van der Waals surface area contributed by atoms with Gasteiger partial charge in [0.05, 0.1) is 5.25 Å². The molecule has 4 nitrogen and oxygen atoms in total. The molecule has 1 fully saturated rings. The van der Waals surface area contributed by atoms with Crippen molar-refractivity contribution in [3.05, 3.63) is 12.4 Å². The molecule has 8 heteroatoms. The zero-order chi connectivity index (χ0) is 15.8. The molecular weight excluding hydrogens is 303 g/mol. The Labute approximate surface area is 125 Å². The Balaban J connectivity index is 2.06. The second-order valence-electron chi connectivity index (χ2n) is 6.02. The summed E-state index contributed by atoms with van der Waals surface area (Å²) in [5.41, 5.74) is -0.188. The molecule has 2 rings (SSSR count). The van der Waals surface area contributed by atoms with Crippen LogP contribution in [0.5, 0.6) is 0 Å². The highest BCUT2D eigenvalue weighted by molar-refractivity contribution is 8.00. The number of hydrogen-bond acceptors (Lipinski definition) is 3. The summed E-state index contributed by atoms with van der Waals surface area (Å²) in [5.74, 6) is -0.458. The third-order valence-corrected chi connectivity index (χ3v) is 4.43. The largest absolute Gasteiger partial charge is 0.406 e. The Morgan fingerprint density at radius 3 is 2.62 bits per heavy atom. The minimum atomic E-state index is -4.35. The predicted octanol–water partition coefficient (Wildman–Crippen LogP) is 2.89. The van der Waals surface area contributed by atoms with Gasteiger partial charge in [0.2, 0.25) is 5.91 Å². The van der Waals surface area contributed by atoms with E-state index in [4.69, 9.17) is 0 Å². The van der Waals surface area contributed by atoms with E-state index in [1.54, 1.807) is 6.20 Å². The number of carbonyl (C=O) groups is 1. The number of carbonyl (C=O) groups excluding carboxylic acids is 1. The lowest BCUT2D eigenvalue weighted by Gasteiger charge is -2.23. The number of imidazole rings is 1. The highest BCUT2D eigenvalue weighted by Gasteiger charge is 2.40. The molecule has 118 valence electrons. The molecule has 0 radical (unpaired) electrons. The fraction of sp³-hybridized carbons (Fsp3) is 0.692. The Hall–Kier alpha value is -1.18. The average Bonchev–Trinajstić information content (AvgIpc) is 2.88. The van der Waals surface area contributed by atoms with Gasteiger partial charge in [0, 0.05) is 24.5 Å². The van der Waals surface area contributed by atoms with E-state index in [1.807, 2.05) is 31.5 Å². The number of likely N-dealkylation sites (tertiary alicyclic amines) is 1. The Kier molecular flexibility index (Phi) is 4.28. The summed E-state index contributed by atoms with van der Waals surface area (Å²) >= 11 is 1.24. The van der Waals surface area contributed by atoms with Crippen molar-refractivity contribution in [1.29, 1.82) is 0 Å². The number of nitrogens with zero attached hydrogens (tertiary/aromatic N) is 3. The smallest absolute Gasteiger partial charge is 0.333 e. The molecule has 1 aromatic heterocycles. The Morgan fingerprint density at radius 1 is 1.38 bits per heavy atom. The standard InChI is InChI=1S/C13H18F3N3OS/c1-12(2,3)19-7-5-17-11(19)21-9-4-6-18(10(9)20)8-13(14,15)16/h5,7,9H,4,6,8H2,1-3H3/t9-/m1/s1. The quantitative estimate of drug-likeness (QED) is 0.859. The van der Waals surface area contributed by atoms with Gasteiger partial charge in [-0.25, -0.2) is 4.98 Å². The van der Waals surface area contributed by atoms with E-state index in [-0.39, 0.29) is 12.1 Å². The van der Waals surface area contributed by atoms with E-state index in [2.05, 4.69) is 4.98 Å². The molecule has 0 unspecified atom stereocenters. The number of alkyl halides is 3. The first-order valence-electron chi connectivity index (χ1n) is 6.64. The van der Waals surface area contributed by atoms with Gasteiger partial charge in [-0.3, -0.25) is 4.79 Å². The van der Waals surface area contributed by atoms with Gasteiger partial charge in [-0.05, 0) is 27.2 Å². The number of aromatic nitrogens is 2. The molecule has 1 aromatic rings. The van der Waals surface area contributed by atoms with Gasteiger partial charge in [0.25, 0.3) is 0 Å². The van der Waals surface area contributed by atoms with Crippen LogP contribution in [-0.2, 0) is 10.3 Å². The van der Waals surface area contributed by atoms with Crippen molar-refractivity contribution in [2.24, 2.45) is 0 Å². The van der Waals surface area contributed by atoms with Crippen molar-refractivity contribution in [2.45, 2.75) is 49.3 Å². The third kappa shape index (κ3) is 3.93. The molecule has 0 saturated carbocycles. The van der Waals surface area contributed by atoms with Gasteiger partial charge in [-0.2, -0.15) is 13.2 Å². The highest BCUT2D eigenvalue weighted by Crippen LogP contribution is 2.33. The summed E-state index contributed by atoms with van der Waals surface area (Å²) in [4.78, 5) is 17.1. The second kappa shape index (κ2) is 5.55. The molecule has 0 bridgehead atoms. The number of hydrogen-bond donors (Lipinski definition) is 0. The van der Waals surface area contributed by atoms with E-state index < -0.39 is 23.9 Å². The third-order valence-electron chi connectivity index (χ3n) is 3.20. The lowest BCUT2D eigenvalue weighted by molar-refractivity contribution is -0.157. The van der Waals surface area contributed by atoms with Gasteiger partial charge in [0.15, 0.2) is 5.16 Å². The van der Waals surface area contributed by atoms with Gasteiger partial charge in [0.1, 0.15) is 6.54 Å². The monoisotopic (exact) mass is 321 g/mol. The zero-order valence-corrected chi connectivity index (χ0v) is 13.0. The average molecular weight is 321 g/mol. The molecule has 0 N–H and O–H groups in total. The summed E-state index contributed by atoms with van der Waals surface area (Å²) in [5, 5.41) is 0.172. The van der Waals surface area contributed by atoms with Crippen LogP contribution in [0.15, 0.2) is 17.6 Å². The first-order chi connectivity index (χ1) is 9.58. The lowest BCUT2D eigenvalue weighted by atomic mass is 10.1. The molecule has 0 aliphatic carbocycles. The Morgan fingerprint density at radius 2 is 2.05 bits per heavy atom. The molecule has 0 spiro atoms. The van der Waals surface area contributed by atoms with Crippen molar-refractivity contribution < 1.29 is 18.0 Å². The highest BCUT2D eigenvalue weighted by atomic mass is 32.2. The van der Waals surface area contributed by atoms with E-state index >= 15 is 0 Å². The second-order valence-corrected chi connectivity index (χ2v) is 7.19. The topological polar surface area (TPSA) is 38.1 Å². The normalized spacial score (nSPS) is 20.4. The molecular formula is C13H18F3N3OS. The fourth-order valence-electron chi connectivity index (χ4n) is 2.21. The maximum Gasteiger partial charge on any atom is 0.406 e. The number of amides is 1. The number of thioether (sulfide) groups is 1. The van der Waals surface area contributed by atoms with E-state index in [0.717, 1.165) is 4.90 Å². The van der Waals surface area contributed by atoms with Crippen LogP contribution in [0.3, 0.4) is 0 Å². The van der Waals surface area contributed by atoms with Crippen molar-refractivity contribution in [2.75, 3.05) is 13.1 Å². The van der Waals surface area contributed by atoms with Crippen LogP contribution in [0.2, 0.25) is 0 Å². The molecule has 1 amide bonds. The first-order valence-corrected chi connectivity index (χ1v) is 7.52. The van der Waals surface area contributed by atoms with Crippen LogP contribution in [-0.4, -0.2) is 44.9 Å². The van der Waals surface area contributed by atoms with E-state index in [9.17, 15) is 18.0 Å². The van der Waals surface area contributed by atoms with Gasteiger partial charge >= 0.3 is 6.18 Å². The van der Waals surface area contributed by atoms with Gasteiger partial charge < -0.3 is 9.47 Å². The summed E-state index contributed by atoms with van der Waals surface area (Å²) < 4.78 is 39.1. The van der Waals surface area contributed by atoms with E-state index in [0.29, 0.717) is 11.6 Å². The van der Waals surface area contributed by atoms with Crippen LogP contribution in [0.25, 0.3) is 0 Å². The van der Waals surface area contributed by atoms with Crippen molar-refractivity contribution in [3.8, 4) is 0 Å². The van der Waals surface area contributed by atoms with Gasteiger partial charge in [-0.1, -0.05) is 11.8 Å². The van der Waals surface area contributed by atoms with E-state index in [1.165, 1.54) is 11.8 Å². The summed E-state index contributed by atoms with van der Waals surface area (Å²) in [6.45, 7) is 4.99. The van der Waals surface area contributed by atoms with Crippen LogP contribution in [0.1, 0.15) is 27.2 Å². The maximum atomic E-state index is 12.4. The minimum Gasteiger partial charge on any atom is -0.333 e. The molecule has 1 aliphatic heterocycles. The Bertz CT molecular complexity index is 521. The van der Waals surface area contributed by atoms with Crippen LogP contribution < -0.4 is 0 Å². The molecule has 1 atom stereocenters. The summed E-state index contributed by atoms with van der Waals surface area (Å²) in [7, 11) is 0. The molecule has 1 saturated heterocycles. The molecule has 0 aromatic carbocycles. The summed E-state index contributed by atoms with van der Waals surface area (Å²) in [6.07, 6.45) is -0.481. The van der Waals surface area contributed by atoms with Crippen LogP contribution >= 0.6 is 11.8 Å². The number of rotatable bonds is 3. The lowest BCUT2D eigenvalue weighted by Crippen LogP contribution is -2.36. The SMILES string of the molecule is CC(C)(C)n1ccnc1S[C@@H]1CCN(CC(F)(F)F)C1=O. The van der Waals surface area contributed by atoms with Crippen molar-refractivity contribution in [3.63, 3.8) is 0 Å². The first kappa shape index (κ1) is 16.2. The zero-order valence-electron chi connectivity index (χ0n) is 12.1. The predicted molar refractivity (Wildman–Crippen MR) is 74.1 cm³/mol. The maximum absolute atomic E-state index is 12.4. The minimum absolute atomic E-state index is 0.145. The fourth-order valence-corrected chi connectivity index (χ4v) is 3.51. The molecule has 21 heavy (non-hydrogen) atoms. The van der Waals surface area contributed by atoms with Crippen LogP contribution in [0.4, 0.5) is 13.2 Å². The summed E-state index contributed by atoms with van der Waals surface area (Å²) in [6, 6.07) is 0.